The summed E-state index contributed by atoms with van der Waals surface area (Å²) < 4.78 is 0. The highest BCUT2D eigenvalue weighted by Crippen LogP contribution is 2.24. The standard InChI is InChI=1S/C15H15Cl2N3O4/c16-8-1-7(2-9(17)3-8)13(22)18-10-4-12-14(23)19-11(6-21)15(24)20(12)5-10/h1-3,10-12,21H,4-6H2,(H,18,22)(H,19,23)/t10-,11-,12-/m0/s1. The van der Waals surface area contributed by atoms with Crippen molar-refractivity contribution in [3.63, 3.8) is 0 Å². The number of amides is 3. The van der Waals surface area contributed by atoms with E-state index in [2.05, 4.69) is 10.6 Å². The lowest BCUT2D eigenvalue weighted by molar-refractivity contribution is -0.148. The molecule has 24 heavy (non-hydrogen) atoms. The molecule has 3 N–H and O–H groups in total. The molecular formula is C15H15Cl2N3O4. The Morgan fingerprint density at radius 2 is 1.96 bits per heavy atom. The molecule has 0 aromatic heterocycles. The second-order valence-electron chi connectivity index (χ2n) is 5.81. The number of piperazine rings is 1. The van der Waals surface area contributed by atoms with Crippen LogP contribution in [0.4, 0.5) is 0 Å². The summed E-state index contributed by atoms with van der Waals surface area (Å²) in [7, 11) is 0. The number of hydrogen-bond acceptors (Lipinski definition) is 4. The molecule has 1 aromatic rings. The highest BCUT2D eigenvalue weighted by Gasteiger charge is 2.46. The van der Waals surface area contributed by atoms with Gasteiger partial charge in [-0.15, -0.1) is 0 Å². The van der Waals surface area contributed by atoms with Gasteiger partial charge in [-0.3, -0.25) is 14.4 Å². The van der Waals surface area contributed by atoms with Gasteiger partial charge in [-0.05, 0) is 24.6 Å². The molecule has 9 heteroatoms. The third-order valence-corrected chi connectivity index (χ3v) is 4.58. The van der Waals surface area contributed by atoms with Crippen LogP contribution in [-0.4, -0.2) is 59.0 Å². The normalized spacial score (nSPS) is 26.1. The molecule has 3 amide bonds. The van der Waals surface area contributed by atoms with E-state index in [0.717, 1.165) is 0 Å². The number of nitrogens with one attached hydrogen (secondary N) is 2. The number of fused-ring (bicyclic) bond motifs is 1. The fourth-order valence-electron chi connectivity index (χ4n) is 3.04. The molecule has 2 saturated heterocycles. The zero-order valence-corrected chi connectivity index (χ0v) is 14.0. The number of aliphatic hydroxyl groups is 1. The average Bonchev–Trinajstić information content (AvgIpc) is 2.94. The zero-order valence-electron chi connectivity index (χ0n) is 12.5. The van der Waals surface area contributed by atoms with Gasteiger partial charge < -0.3 is 20.6 Å². The number of carbonyl (C=O) groups excluding carboxylic acids is 3. The lowest BCUT2D eigenvalue weighted by atomic mass is 10.1. The molecule has 1 aromatic carbocycles. The van der Waals surface area contributed by atoms with Crippen LogP contribution in [0.5, 0.6) is 0 Å². The molecule has 0 spiro atoms. The van der Waals surface area contributed by atoms with Crippen LogP contribution in [0.3, 0.4) is 0 Å². The molecule has 2 aliphatic heterocycles. The van der Waals surface area contributed by atoms with E-state index in [1.165, 1.54) is 23.1 Å². The molecule has 2 heterocycles. The number of halogens is 2. The Morgan fingerprint density at radius 3 is 2.58 bits per heavy atom. The summed E-state index contributed by atoms with van der Waals surface area (Å²) >= 11 is 11.8. The summed E-state index contributed by atoms with van der Waals surface area (Å²) in [6, 6.07) is 2.58. The number of aliphatic hydroxyl groups excluding tert-OH is 1. The second kappa shape index (κ2) is 6.58. The Morgan fingerprint density at radius 1 is 1.29 bits per heavy atom. The molecule has 0 unspecified atom stereocenters. The fraction of sp³-hybridized carbons (Fsp3) is 0.400. The van der Waals surface area contributed by atoms with Crippen molar-refractivity contribution in [1.29, 1.82) is 0 Å². The molecule has 7 nitrogen and oxygen atoms in total. The Labute approximate surface area is 147 Å². The minimum absolute atomic E-state index is 0.216. The van der Waals surface area contributed by atoms with Crippen molar-refractivity contribution < 1.29 is 19.5 Å². The number of hydrogen-bond donors (Lipinski definition) is 3. The molecule has 0 saturated carbocycles. The SMILES string of the molecule is O=C(N[C@H]1C[C@H]2C(=O)N[C@@H](CO)C(=O)N2C1)c1cc(Cl)cc(Cl)c1. The van der Waals surface area contributed by atoms with Gasteiger partial charge in [0.25, 0.3) is 5.91 Å². The first-order valence-corrected chi connectivity index (χ1v) is 8.13. The van der Waals surface area contributed by atoms with Crippen LogP contribution in [-0.2, 0) is 9.59 Å². The highest BCUT2D eigenvalue weighted by molar-refractivity contribution is 6.35. The number of rotatable bonds is 3. The van der Waals surface area contributed by atoms with Crippen LogP contribution in [0.15, 0.2) is 18.2 Å². The average molecular weight is 372 g/mol. The van der Waals surface area contributed by atoms with Crippen molar-refractivity contribution in [1.82, 2.24) is 15.5 Å². The van der Waals surface area contributed by atoms with Crippen molar-refractivity contribution in [3.05, 3.63) is 33.8 Å². The first kappa shape index (κ1) is 17.0. The molecule has 0 radical (unpaired) electrons. The highest BCUT2D eigenvalue weighted by atomic mass is 35.5. The van der Waals surface area contributed by atoms with E-state index in [9.17, 15) is 14.4 Å². The van der Waals surface area contributed by atoms with Gasteiger partial charge in [0, 0.05) is 28.2 Å². The van der Waals surface area contributed by atoms with Crippen molar-refractivity contribution in [2.45, 2.75) is 24.5 Å². The molecule has 3 rings (SSSR count). The monoisotopic (exact) mass is 371 g/mol. The molecule has 3 atom stereocenters. The van der Waals surface area contributed by atoms with Gasteiger partial charge in [0.05, 0.1) is 6.61 Å². The quantitative estimate of drug-likeness (QED) is 0.705. The van der Waals surface area contributed by atoms with Gasteiger partial charge >= 0.3 is 0 Å². The third kappa shape index (κ3) is 3.19. The summed E-state index contributed by atoms with van der Waals surface area (Å²) in [6.45, 7) is -0.237. The van der Waals surface area contributed by atoms with Crippen LogP contribution in [0.1, 0.15) is 16.8 Å². The van der Waals surface area contributed by atoms with E-state index >= 15 is 0 Å². The van der Waals surface area contributed by atoms with Gasteiger partial charge in [-0.2, -0.15) is 0 Å². The van der Waals surface area contributed by atoms with Crippen LogP contribution >= 0.6 is 23.2 Å². The summed E-state index contributed by atoms with van der Waals surface area (Å²) in [6.07, 6.45) is 0.315. The fourth-order valence-corrected chi connectivity index (χ4v) is 3.57. The molecule has 0 bridgehead atoms. The minimum atomic E-state index is -0.921. The molecule has 2 aliphatic rings. The summed E-state index contributed by atoms with van der Waals surface area (Å²) in [5.74, 6) is -1.04. The smallest absolute Gasteiger partial charge is 0.251 e. The molecular weight excluding hydrogens is 357 g/mol. The van der Waals surface area contributed by atoms with Crippen molar-refractivity contribution in [3.8, 4) is 0 Å². The Kier molecular flexibility index (Phi) is 4.67. The lowest BCUT2D eigenvalue weighted by Crippen LogP contribution is -2.62. The first-order valence-electron chi connectivity index (χ1n) is 7.37. The van der Waals surface area contributed by atoms with Crippen molar-refractivity contribution >= 4 is 40.9 Å². The lowest BCUT2D eigenvalue weighted by Gasteiger charge is -2.33. The third-order valence-electron chi connectivity index (χ3n) is 4.14. The van der Waals surface area contributed by atoms with Gasteiger partial charge in [0.15, 0.2) is 0 Å². The van der Waals surface area contributed by atoms with E-state index in [1.807, 2.05) is 0 Å². The Hall–Kier alpha value is -1.83. The van der Waals surface area contributed by atoms with E-state index in [0.29, 0.717) is 22.0 Å². The van der Waals surface area contributed by atoms with Gasteiger partial charge in [-0.1, -0.05) is 23.2 Å². The van der Waals surface area contributed by atoms with Gasteiger partial charge in [0.2, 0.25) is 11.8 Å². The predicted octanol–water partition coefficient (Wildman–Crippen LogP) is 0.183. The zero-order chi connectivity index (χ0) is 17.4. The number of carbonyl (C=O) groups is 3. The number of nitrogens with zero attached hydrogens (tertiary/aromatic N) is 1. The van der Waals surface area contributed by atoms with Crippen LogP contribution in [0, 0.1) is 0 Å². The Bertz CT molecular complexity index is 692. The summed E-state index contributed by atoms with van der Waals surface area (Å²) in [5.41, 5.74) is 0.307. The van der Waals surface area contributed by atoms with E-state index in [-0.39, 0.29) is 30.3 Å². The molecule has 128 valence electrons. The maximum Gasteiger partial charge on any atom is 0.251 e. The second-order valence-corrected chi connectivity index (χ2v) is 6.69. The van der Waals surface area contributed by atoms with Gasteiger partial charge in [0.1, 0.15) is 12.1 Å². The topological polar surface area (TPSA) is 98.7 Å². The van der Waals surface area contributed by atoms with E-state index in [1.54, 1.807) is 0 Å². The predicted molar refractivity (Wildman–Crippen MR) is 86.9 cm³/mol. The van der Waals surface area contributed by atoms with E-state index < -0.39 is 18.7 Å². The van der Waals surface area contributed by atoms with Crippen LogP contribution < -0.4 is 10.6 Å². The minimum Gasteiger partial charge on any atom is -0.394 e. The van der Waals surface area contributed by atoms with Crippen LogP contribution in [0.25, 0.3) is 0 Å². The van der Waals surface area contributed by atoms with E-state index in [4.69, 9.17) is 28.3 Å². The first-order chi connectivity index (χ1) is 11.4. The van der Waals surface area contributed by atoms with Crippen molar-refractivity contribution in [2.75, 3.05) is 13.2 Å². The van der Waals surface area contributed by atoms with Gasteiger partial charge in [-0.25, -0.2) is 0 Å². The molecule has 0 aliphatic carbocycles. The largest absolute Gasteiger partial charge is 0.394 e. The molecule has 2 fully saturated rings. The summed E-state index contributed by atoms with van der Waals surface area (Å²) in [4.78, 5) is 37.9. The van der Waals surface area contributed by atoms with Crippen LogP contribution in [0.2, 0.25) is 10.0 Å². The summed E-state index contributed by atoms with van der Waals surface area (Å²) in [5, 5.41) is 15.1. The Balaban J connectivity index is 1.70. The number of benzene rings is 1. The maximum absolute atomic E-state index is 12.3. The maximum atomic E-state index is 12.3. The van der Waals surface area contributed by atoms with Crippen molar-refractivity contribution in [2.24, 2.45) is 0 Å².